The lowest BCUT2D eigenvalue weighted by Crippen LogP contribution is -2.16. The molecule has 2 N–H and O–H groups in total. The molecule has 3 heteroatoms. The van der Waals surface area contributed by atoms with Crippen LogP contribution in [0, 0.1) is 0 Å². The van der Waals surface area contributed by atoms with E-state index in [0.717, 1.165) is 18.6 Å². The molecule has 0 heterocycles. The Labute approximate surface area is 140 Å². The lowest BCUT2D eigenvalue weighted by atomic mass is 9.90. The molecule has 0 saturated carbocycles. The maximum absolute atomic E-state index is 6.07. The number of methoxy groups -OCH3 is 1. The molecule has 0 aliphatic rings. The Hall–Kier alpha value is -2.00. The van der Waals surface area contributed by atoms with Gasteiger partial charge in [0.15, 0.2) is 0 Å². The van der Waals surface area contributed by atoms with Crippen molar-refractivity contribution in [3.05, 3.63) is 59.2 Å². The van der Waals surface area contributed by atoms with Gasteiger partial charge in [-0.15, -0.1) is 0 Å². The van der Waals surface area contributed by atoms with Crippen molar-refractivity contribution in [3.8, 4) is 5.75 Å². The van der Waals surface area contributed by atoms with Crippen molar-refractivity contribution in [1.29, 1.82) is 0 Å². The minimum Gasteiger partial charge on any atom is -0.496 e. The summed E-state index contributed by atoms with van der Waals surface area (Å²) in [5.41, 5.74) is 11.1. The van der Waals surface area contributed by atoms with E-state index in [-0.39, 0.29) is 0 Å². The predicted octanol–water partition coefficient (Wildman–Crippen LogP) is 3.61. The third-order valence-electron chi connectivity index (χ3n) is 4.35. The van der Waals surface area contributed by atoms with Gasteiger partial charge in [-0.25, -0.2) is 0 Å². The van der Waals surface area contributed by atoms with Crippen LogP contribution in [0.15, 0.2) is 42.5 Å². The van der Waals surface area contributed by atoms with Crippen LogP contribution in [0.5, 0.6) is 5.75 Å². The fourth-order valence-electron chi connectivity index (χ4n) is 2.91. The third kappa shape index (κ3) is 4.26. The molecule has 0 spiro atoms. The maximum atomic E-state index is 6.07. The van der Waals surface area contributed by atoms with Crippen molar-refractivity contribution in [3.63, 3.8) is 0 Å². The Bertz CT molecular complexity index is 637. The third-order valence-corrected chi connectivity index (χ3v) is 4.35. The molecule has 2 aromatic carbocycles. The number of ether oxygens (including phenoxy) is 1. The summed E-state index contributed by atoms with van der Waals surface area (Å²) >= 11 is 0. The van der Waals surface area contributed by atoms with Gasteiger partial charge in [-0.05, 0) is 54.3 Å². The number of benzene rings is 2. The predicted molar refractivity (Wildman–Crippen MR) is 98.6 cm³/mol. The highest BCUT2D eigenvalue weighted by atomic mass is 16.5. The summed E-state index contributed by atoms with van der Waals surface area (Å²) in [4.78, 5) is 2.13. The van der Waals surface area contributed by atoms with Crippen molar-refractivity contribution >= 4 is 5.69 Å². The fraction of sp³-hybridized carbons (Fsp3) is 0.400. The lowest BCUT2D eigenvalue weighted by Gasteiger charge is -2.19. The molecule has 3 nitrogen and oxygen atoms in total. The highest BCUT2D eigenvalue weighted by Gasteiger charge is 2.13. The van der Waals surface area contributed by atoms with Gasteiger partial charge in [0.25, 0.3) is 0 Å². The van der Waals surface area contributed by atoms with E-state index in [1.54, 1.807) is 7.11 Å². The molecule has 1 unspecified atom stereocenters. The largest absolute Gasteiger partial charge is 0.496 e. The van der Waals surface area contributed by atoms with Crippen LogP contribution in [-0.2, 0) is 12.8 Å². The molecule has 2 rings (SSSR count). The number of hydrogen-bond acceptors (Lipinski definition) is 3. The fourth-order valence-corrected chi connectivity index (χ4v) is 2.91. The Morgan fingerprint density at radius 2 is 1.91 bits per heavy atom. The smallest absolute Gasteiger partial charge is 0.122 e. The second kappa shape index (κ2) is 8.02. The Morgan fingerprint density at radius 1 is 1.13 bits per heavy atom. The summed E-state index contributed by atoms with van der Waals surface area (Å²) in [5.74, 6) is 1.28. The summed E-state index contributed by atoms with van der Waals surface area (Å²) in [5, 5.41) is 0. The average Bonchev–Trinajstić information content (AvgIpc) is 2.59. The molecule has 0 aliphatic heterocycles. The summed E-state index contributed by atoms with van der Waals surface area (Å²) in [6.45, 7) is 2.79. The van der Waals surface area contributed by atoms with Crippen LogP contribution in [0.4, 0.5) is 5.69 Å². The van der Waals surface area contributed by atoms with E-state index >= 15 is 0 Å². The molecule has 124 valence electrons. The first-order chi connectivity index (χ1) is 11.1. The zero-order chi connectivity index (χ0) is 16.8. The van der Waals surface area contributed by atoms with Gasteiger partial charge in [0.1, 0.15) is 5.75 Å². The normalized spacial score (nSPS) is 12.0. The molecule has 0 aromatic heterocycles. The van der Waals surface area contributed by atoms with E-state index in [9.17, 15) is 0 Å². The zero-order valence-corrected chi connectivity index (χ0v) is 14.7. The quantitative estimate of drug-likeness (QED) is 0.849. The molecule has 0 bridgehead atoms. The topological polar surface area (TPSA) is 38.5 Å². The Kier molecular flexibility index (Phi) is 6.05. The molecular formula is C20H28N2O. The van der Waals surface area contributed by atoms with E-state index in [4.69, 9.17) is 10.5 Å². The first-order valence-electron chi connectivity index (χ1n) is 8.22. The van der Waals surface area contributed by atoms with Crippen LogP contribution in [0.25, 0.3) is 0 Å². The molecule has 1 atom stereocenters. The highest BCUT2D eigenvalue weighted by molar-refractivity contribution is 5.47. The van der Waals surface area contributed by atoms with Gasteiger partial charge < -0.3 is 15.4 Å². The van der Waals surface area contributed by atoms with Crippen LogP contribution in [0.3, 0.4) is 0 Å². The van der Waals surface area contributed by atoms with E-state index in [2.05, 4.69) is 68.4 Å². The Balaban J connectivity index is 2.24. The van der Waals surface area contributed by atoms with Crippen molar-refractivity contribution in [2.24, 2.45) is 5.73 Å². The van der Waals surface area contributed by atoms with Crippen molar-refractivity contribution in [1.82, 2.24) is 0 Å². The molecule has 0 fully saturated rings. The summed E-state index contributed by atoms with van der Waals surface area (Å²) in [6.07, 6.45) is 1.91. The minimum atomic E-state index is 0.323. The summed E-state index contributed by atoms with van der Waals surface area (Å²) < 4.78 is 5.43. The average molecular weight is 312 g/mol. The monoisotopic (exact) mass is 312 g/mol. The first-order valence-corrected chi connectivity index (χ1v) is 8.22. The standard InChI is InChI=1S/C20H28N2O/c1-5-16-13-17(9-10-20(16)23-4)18(14-21)11-15-7-6-8-19(12-15)22(2)3/h6-10,12-13,18H,5,11,14,21H2,1-4H3. The molecular weight excluding hydrogens is 284 g/mol. The van der Waals surface area contributed by atoms with Crippen molar-refractivity contribution in [2.45, 2.75) is 25.7 Å². The molecule has 0 amide bonds. The van der Waals surface area contributed by atoms with Crippen molar-refractivity contribution in [2.75, 3.05) is 32.6 Å². The van der Waals surface area contributed by atoms with E-state index in [1.807, 2.05) is 0 Å². The number of nitrogens with zero attached hydrogens (tertiary/aromatic N) is 1. The van der Waals surface area contributed by atoms with Gasteiger partial charge in [0, 0.05) is 25.7 Å². The molecule has 0 saturated heterocycles. The van der Waals surface area contributed by atoms with E-state index in [0.29, 0.717) is 12.5 Å². The lowest BCUT2D eigenvalue weighted by molar-refractivity contribution is 0.410. The van der Waals surface area contributed by atoms with Crippen LogP contribution in [0.2, 0.25) is 0 Å². The summed E-state index contributed by atoms with van der Waals surface area (Å²) in [6, 6.07) is 15.1. The second-order valence-corrected chi connectivity index (χ2v) is 6.13. The second-order valence-electron chi connectivity index (χ2n) is 6.13. The zero-order valence-electron chi connectivity index (χ0n) is 14.7. The minimum absolute atomic E-state index is 0.323. The highest BCUT2D eigenvalue weighted by Crippen LogP contribution is 2.27. The van der Waals surface area contributed by atoms with Crippen molar-refractivity contribution < 1.29 is 4.74 Å². The number of anilines is 1. The van der Waals surface area contributed by atoms with Gasteiger partial charge in [-0.1, -0.05) is 31.2 Å². The molecule has 0 radical (unpaired) electrons. The van der Waals surface area contributed by atoms with Crippen LogP contribution in [0.1, 0.15) is 29.5 Å². The first kappa shape index (κ1) is 17.4. The van der Waals surface area contributed by atoms with E-state index < -0.39 is 0 Å². The number of aryl methyl sites for hydroxylation is 1. The van der Waals surface area contributed by atoms with Gasteiger partial charge in [0.2, 0.25) is 0 Å². The van der Waals surface area contributed by atoms with Gasteiger partial charge >= 0.3 is 0 Å². The van der Waals surface area contributed by atoms with Crippen LogP contribution < -0.4 is 15.4 Å². The van der Waals surface area contributed by atoms with E-state index in [1.165, 1.54) is 22.4 Å². The van der Waals surface area contributed by atoms with Crippen LogP contribution >= 0.6 is 0 Å². The molecule has 0 aliphatic carbocycles. The van der Waals surface area contributed by atoms with Gasteiger partial charge in [-0.2, -0.15) is 0 Å². The molecule has 23 heavy (non-hydrogen) atoms. The van der Waals surface area contributed by atoms with Crippen LogP contribution in [-0.4, -0.2) is 27.7 Å². The number of hydrogen-bond donors (Lipinski definition) is 1. The Morgan fingerprint density at radius 3 is 2.52 bits per heavy atom. The SMILES string of the molecule is CCc1cc(C(CN)Cc2cccc(N(C)C)c2)ccc1OC. The van der Waals surface area contributed by atoms with Gasteiger partial charge in [0.05, 0.1) is 7.11 Å². The summed E-state index contributed by atoms with van der Waals surface area (Å²) in [7, 11) is 5.86. The number of rotatable bonds is 7. The number of nitrogens with two attached hydrogens (primary N) is 1. The molecule has 2 aromatic rings. The van der Waals surface area contributed by atoms with Gasteiger partial charge in [-0.3, -0.25) is 0 Å². The maximum Gasteiger partial charge on any atom is 0.122 e.